The molecule has 14 nitrogen and oxygen atoms in total. The van der Waals surface area contributed by atoms with Gasteiger partial charge in [-0.25, -0.2) is 4.98 Å². The van der Waals surface area contributed by atoms with E-state index in [1.807, 2.05) is 78.9 Å². The number of anilines is 2. The number of ether oxygens (including phenoxy) is 5. The number of methoxy groups -OCH3 is 3. The first kappa shape index (κ1) is 36.4. The topological polar surface area (TPSA) is 168 Å². The Morgan fingerprint density at radius 1 is 0.904 bits per heavy atom. The zero-order valence-electron chi connectivity index (χ0n) is 29.6. The predicted octanol–water partition coefficient (Wildman–Crippen LogP) is 4.68. The average Bonchev–Trinajstić information content (AvgIpc) is 3.58. The maximum absolute atomic E-state index is 12.7. The van der Waals surface area contributed by atoms with Crippen LogP contribution in [0.25, 0.3) is 11.2 Å². The molecule has 1 saturated heterocycles. The monoisotopic (exact) mass is 710 g/mol. The molecule has 0 spiro atoms. The molecule has 2 amide bonds. The molecule has 0 saturated carbocycles. The Balaban J connectivity index is 1.35. The number of imidazole rings is 1. The van der Waals surface area contributed by atoms with E-state index in [0.717, 1.165) is 16.7 Å². The first-order valence-corrected chi connectivity index (χ1v) is 16.8. The molecule has 2 aromatic heterocycles. The number of rotatable bonds is 13. The highest BCUT2D eigenvalue weighted by Crippen LogP contribution is 2.44. The van der Waals surface area contributed by atoms with E-state index in [9.17, 15) is 14.7 Å². The van der Waals surface area contributed by atoms with Crippen LogP contribution in [-0.4, -0.2) is 83.2 Å². The summed E-state index contributed by atoms with van der Waals surface area (Å²) in [6.45, 7) is 3.36. The molecule has 0 unspecified atom stereocenters. The number of aliphatic hydroxyl groups is 1. The average molecular weight is 711 g/mol. The van der Waals surface area contributed by atoms with E-state index in [-0.39, 0.29) is 54.4 Å². The Labute approximate surface area is 301 Å². The second-order valence-corrected chi connectivity index (χ2v) is 12.6. The second kappa shape index (κ2) is 15.9. The van der Waals surface area contributed by atoms with Crippen LogP contribution < -0.4 is 20.1 Å². The number of fused-ring (bicyclic) bond motifs is 1. The van der Waals surface area contributed by atoms with E-state index in [1.165, 1.54) is 13.4 Å². The summed E-state index contributed by atoms with van der Waals surface area (Å²) < 4.78 is 30.9. The molecule has 6 rings (SSSR count). The Bertz CT molecular complexity index is 1940. The summed E-state index contributed by atoms with van der Waals surface area (Å²) in [5.41, 5.74) is 1.94. The van der Waals surface area contributed by atoms with E-state index < -0.39 is 29.9 Å². The Morgan fingerprint density at radius 3 is 2.08 bits per heavy atom. The van der Waals surface area contributed by atoms with Crippen molar-refractivity contribution in [1.82, 2.24) is 19.5 Å². The van der Waals surface area contributed by atoms with Gasteiger partial charge in [0.25, 0.3) is 5.91 Å². The fourth-order valence-corrected chi connectivity index (χ4v) is 6.20. The minimum Gasteiger partial charge on any atom is -0.497 e. The van der Waals surface area contributed by atoms with Crippen LogP contribution in [-0.2, 0) is 29.4 Å². The van der Waals surface area contributed by atoms with Crippen molar-refractivity contribution in [2.75, 3.05) is 45.2 Å². The number of aliphatic hydroxyl groups excluding tert-OH is 1. The molecule has 52 heavy (non-hydrogen) atoms. The molecular weight excluding hydrogens is 668 g/mol. The summed E-state index contributed by atoms with van der Waals surface area (Å²) in [4.78, 5) is 38.4. The van der Waals surface area contributed by atoms with Gasteiger partial charge < -0.3 is 34.1 Å². The number of carbonyl (C=O) groups is 2. The van der Waals surface area contributed by atoms with E-state index in [1.54, 1.807) is 32.6 Å². The zero-order valence-corrected chi connectivity index (χ0v) is 29.6. The summed E-state index contributed by atoms with van der Waals surface area (Å²) in [6.07, 6.45) is -0.936. The van der Waals surface area contributed by atoms with E-state index >= 15 is 0 Å². The van der Waals surface area contributed by atoms with Crippen LogP contribution in [0.4, 0.5) is 11.8 Å². The third-order valence-electron chi connectivity index (χ3n) is 8.79. The minimum absolute atomic E-state index is 0.0755. The van der Waals surface area contributed by atoms with Crippen molar-refractivity contribution >= 4 is 34.7 Å². The normalized spacial score (nSPS) is 17.6. The number of aromatic nitrogens is 4. The molecule has 3 heterocycles. The van der Waals surface area contributed by atoms with Crippen molar-refractivity contribution in [1.29, 1.82) is 0 Å². The largest absolute Gasteiger partial charge is 0.497 e. The van der Waals surface area contributed by atoms with Crippen LogP contribution in [0.1, 0.15) is 43.2 Å². The summed E-state index contributed by atoms with van der Waals surface area (Å²) >= 11 is 0. The molecule has 3 atom stereocenters. The highest BCUT2D eigenvalue weighted by atomic mass is 16.6. The number of amides is 2. The van der Waals surface area contributed by atoms with Crippen molar-refractivity contribution < 1.29 is 38.4 Å². The van der Waals surface area contributed by atoms with Gasteiger partial charge in [-0.15, -0.1) is 0 Å². The lowest BCUT2D eigenvalue weighted by Crippen LogP contribution is -2.45. The van der Waals surface area contributed by atoms with Gasteiger partial charge in [0.1, 0.15) is 29.8 Å². The van der Waals surface area contributed by atoms with Gasteiger partial charge in [0.05, 0.1) is 33.3 Å². The highest BCUT2D eigenvalue weighted by Gasteiger charge is 2.43. The quantitative estimate of drug-likeness (QED) is 0.145. The Hall–Kier alpha value is -5.41. The van der Waals surface area contributed by atoms with Gasteiger partial charge in [0.15, 0.2) is 23.2 Å². The van der Waals surface area contributed by atoms with Gasteiger partial charge in [-0.2, -0.15) is 9.97 Å². The van der Waals surface area contributed by atoms with Crippen molar-refractivity contribution in [3.05, 3.63) is 102 Å². The number of hydrogen-bond donors (Lipinski definition) is 3. The highest BCUT2D eigenvalue weighted by molar-refractivity contribution is 5.99. The van der Waals surface area contributed by atoms with Crippen LogP contribution in [0, 0.1) is 5.92 Å². The molecule has 3 N–H and O–H groups in total. The lowest BCUT2D eigenvalue weighted by atomic mass is 9.79. The van der Waals surface area contributed by atoms with E-state index in [0.29, 0.717) is 11.5 Å². The van der Waals surface area contributed by atoms with Gasteiger partial charge >= 0.3 is 0 Å². The lowest BCUT2D eigenvalue weighted by Gasteiger charge is -2.42. The van der Waals surface area contributed by atoms with E-state index in [2.05, 4.69) is 25.6 Å². The summed E-state index contributed by atoms with van der Waals surface area (Å²) in [6, 6.07) is 25.3. The molecule has 0 radical (unpaired) electrons. The molecule has 3 aromatic carbocycles. The number of carbonyl (C=O) groups excluding carboxylic acids is 2. The van der Waals surface area contributed by atoms with Crippen molar-refractivity contribution in [2.45, 2.75) is 44.3 Å². The molecule has 14 heteroatoms. The standard InChI is InChI=1S/C38H42N6O8/c1-23(2)35(47)41-33-32-34(43-37(42-33)40-31(46)21-48-3)44(22-39-32)36-30(45)19-29(20-51-36)52-38(24-9-7-6-8-10-24,25-11-15-27(49-4)16-12-25)26-13-17-28(50-5)18-14-26/h6-18,22-23,29-30,36,45H,19-21H2,1-5H3,(H2,40,41,42,43,46,47)/t29-,30+,36+/m0/s1. The maximum atomic E-state index is 12.7. The number of nitrogens with one attached hydrogen (secondary N) is 2. The minimum atomic E-state index is -1.12. The second-order valence-electron chi connectivity index (χ2n) is 12.6. The van der Waals surface area contributed by atoms with Crippen LogP contribution in [0.15, 0.2) is 85.2 Å². The predicted molar refractivity (Wildman–Crippen MR) is 192 cm³/mol. The molecule has 272 valence electrons. The first-order chi connectivity index (χ1) is 25.2. The SMILES string of the molecule is COCC(=O)Nc1nc(NC(=O)C(C)C)c2ncn([C@@H]3OC[C@@H](OC(c4ccccc4)(c4ccc(OC)cc4)c4ccc(OC)cc4)C[C@H]3O)c2n1. The molecule has 5 aromatic rings. The first-order valence-electron chi connectivity index (χ1n) is 16.8. The third-order valence-corrected chi connectivity index (χ3v) is 8.79. The molecule has 0 aliphatic carbocycles. The van der Waals surface area contributed by atoms with Crippen molar-refractivity contribution in [3.63, 3.8) is 0 Å². The molecule has 1 fully saturated rings. The number of nitrogens with zero attached hydrogens (tertiary/aromatic N) is 4. The zero-order chi connectivity index (χ0) is 36.8. The van der Waals surface area contributed by atoms with Crippen LogP contribution in [0.3, 0.4) is 0 Å². The fourth-order valence-electron chi connectivity index (χ4n) is 6.20. The number of benzene rings is 3. The van der Waals surface area contributed by atoms with Gasteiger partial charge in [-0.1, -0.05) is 68.4 Å². The van der Waals surface area contributed by atoms with Crippen LogP contribution in [0.5, 0.6) is 11.5 Å². The number of hydrogen-bond acceptors (Lipinski definition) is 11. The molecular formula is C38H42N6O8. The Morgan fingerprint density at radius 2 is 1.52 bits per heavy atom. The van der Waals surface area contributed by atoms with Crippen molar-refractivity contribution in [3.8, 4) is 11.5 Å². The van der Waals surface area contributed by atoms with Crippen LogP contribution >= 0.6 is 0 Å². The van der Waals surface area contributed by atoms with Crippen LogP contribution in [0.2, 0.25) is 0 Å². The van der Waals surface area contributed by atoms with Crippen molar-refractivity contribution in [2.24, 2.45) is 5.92 Å². The fraction of sp³-hybridized carbons (Fsp3) is 0.342. The van der Waals surface area contributed by atoms with Gasteiger partial charge in [-0.3, -0.25) is 19.5 Å². The van der Waals surface area contributed by atoms with Gasteiger partial charge in [0, 0.05) is 19.4 Å². The molecule has 0 bridgehead atoms. The Kier molecular flexibility index (Phi) is 11.1. The summed E-state index contributed by atoms with van der Waals surface area (Å²) in [7, 11) is 4.63. The maximum Gasteiger partial charge on any atom is 0.252 e. The van der Waals surface area contributed by atoms with E-state index in [4.69, 9.17) is 23.7 Å². The van der Waals surface area contributed by atoms with Gasteiger partial charge in [-0.05, 0) is 41.0 Å². The lowest BCUT2D eigenvalue weighted by molar-refractivity contribution is -0.188. The molecule has 1 aliphatic heterocycles. The molecule has 1 aliphatic rings. The van der Waals surface area contributed by atoms with Gasteiger partial charge in [0.2, 0.25) is 11.9 Å². The third kappa shape index (κ3) is 7.46. The smallest absolute Gasteiger partial charge is 0.252 e. The summed E-state index contributed by atoms with van der Waals surface area (Å²) in [5, 5.41) is 17.1. The summed E-state index contributed by atoms with van der Waals surface area (Å²) in [5.74, 6) is 0.292.